The Hall–Kier alpha value is -2.19. The highest BCUT2D eigenvalue weighted by molar-refractivity contribution is 7.15. The van der Waals surface area contributed by atoms with Crippen molar-refractivity contribution in [3.63, 3.8) is 0 Å². The summed E-state index contributed by atoms with van der Waals surface area (Å²) in [6, 6.07) is 5.73. The number of hydrogen-bond acceptors (Lipinski definition) is 4. The Morgan fingerprint density at radius 1 is 1.07 bits per heavy atom. The fourth-order valence-corrected chi connectivity index (χ4v) is 4.89. The topological polar surface area (TPSA) is 37.8 Å². The third-order valence-corrected chi connectivity index (χ3v) is 6.54. The lowest BCUT2D eigenvalue weighted by Gasteiger charge is -2.31. The van der Waals surface area contributed by atoms with E-state index >= 15 is 0 Å². The van der Waals surface area contributed by atoms with Crippen LogP contribution in [0.15, 0.2) is 36.5 Å². The number of halogens is 5. The Labute approximate surface area is 180 Å². The first-order valence-electron chi connectivity index (χ1n) is 9.42. The molecule has 1 aliphatic carbocycles. The number of hydrogen-bond donors (Lipinski definition) is 1. The Bertz CT molecular complexity index is 1040. The summed E-state index contributed by atoms with van der Waals surface area (Å²) in [5.41, 5.74) is -0.808. The third-order valence-electron chi connectivity index (χ3n) is 5.24. The number of nitrogens with one attached hydrogen (secondary N) is 1. The van der Waals surface area contributed by atoms with Gasteiger partial charge in [-0.3, -0.25) is 4.98 Å². The van der Waals surface area contributed by atoms with Crippen molar-refractivity contribution in [1.29, 1.82) is 0 Å². The summed E-state index contributed by atoms with van der Waals surface area (Å²) in [4.78, 5) is 10.1. The van der Waals surface area contributed by atoms with Gasteiger partial charge in [0.05, 0.1) is 22.0 Å². The van der Waals surface area contributed by atoms with Gasteiger partial charge >= 0.3 is 6.18 Å². The molecule has 0 amide bonds. The summed E-state index contributed by atoms with van der Waals surface area (Å²) in [7, 11) is 0. The van der Waals surface area contributed by atoms with Gasteiger partial charge in [-0.2, -0.15) is 13.2 Å². The minimum atomic E-state index is -4.68. The number of alkyl halides is 3. The molecule has 3 nitrogen and oxygen atoms in total. The van der Waals surface area contributed by atoms with E-state index in [4.69, 9.17) is 11.6 Å². The lowest BCUT2D eigenvalue weighted by atomic mass is 9.87. The van der Waals surface area contributed by atoms with Gasteiger partial charge in [-0.25, -0.2) is 9.37 Å². The van der Waals surface area contributed by atoms with E-state index in [1.807, 2.05) is 0 Å². The van der Waals surface area contributed by atoms with E-state index in [0.29, 0.717) is 21.9 Å². The van der Waals surface area contributed by atoms with Gasteiger partial charge in [-0.15, -0.1) is 11.3 Å². The van der Waals surface area contributed by atoms with Crippen LogP contribution < -0.4 is 5.32 Å². The summed E-state index contributed by atoms with van der Waals surface area (Å²) >= 11 is 7.42. The summed E-state index contributed by atoms with van der Waals surface area (Å²) < 4.78 is 54.2. The molecular weight excluding hydrogens is 438 g/mol. The molecule has 1 atom stereocenters. The molecule has 0 radical (unpaired) electrons. The number of nitrogens with zero attached hydrogens (tertiary/aromatic N) is 2. The minimum Gasteiger partial charge on any atom is -0.347 e. The maximum Gasteiger partial charge on any atom is 0.416 e. The fraction of sp³-hybridized carbons (Fsp3) is 0.333. The van der Waals surface area contributed by atoms with Crippen molar-refractivity contribution in [2.75, 3.05) is 5.32 Å². The van der Waals surface area contributed by atoms with Gasteiger partial charge in [-0.05, 0) is 68.5 Å². The second kappa shape index (κ2) is 7.81. The molecule has 0 saturated carbocycles. The molecule has 1 N–H and O–H groups in total. The van der Waals surface area contributed by atoms with Gasteiger partial charge in [0.25, 0.3) is 0 Å². The zero-order chi connectivity index (χ0) is 21.5. The summed E-state index contributed by atoms with van der Waals surface area (Å²) in [6.45, 7) is 1.67. The van der Waals surface area contributed by atoms with Crippen molar-refractivity contribution in [3.8, 4) is 0 Å². The number of benzene rings is 1. The lowest BCUT2D eigenvalue weighted by Crippen LogP contribution is -2.34. The molecule has 0 fully saturated rings. The molecule has 1 aromatic carbocycles. The molecule has 0 unspecified atom stereocenters. The number of fused-ring (bicyclic) bond motifs is 1. The number of pyridine rings is 1. The van der Waals surface area contributed by atoms with Crippen LogP contribution in [0.25, 0.3) is 0 Å². The highest BCUT2D eigenvalue weighted by Crippen LogP contribution is 2.39. The average Bonchev–Trinajstić information content (AvgIpc) is 3.09. The molecule has 9 heteroatoms. The zero-order valence-corrected chi connectivity index (χ0v) is 17.6. The fourth-order valence-electron chi connectivity index (χ4n) is 3.62. The van der Waals surface area contributed by atoms with Crippen molar-refractivity contribution in [1.82, 2.24) is 9.97 Å². The quantitative estimate of drug-likeness (QED) is 0.450. The normalized spacial score (nSPS) is 16.1. The number of rotatable bonds is 4. The number of thiazole rings is 1. The Morgan fingerprint density at radius 2 is 1.80 bits per heavy atom. The molecular formula is C21H18ClF4N3S. The van der Waals surface area contributed by atoms with Crippen molar-refractivity contribution in [2.24, 2.45) is 0 Å². The highest BCUT2D eigenvalue weighted by Gasteiger charge is 2.37. The van der Waals surface area contributed by atoms with Crippen LogP contribution >= 0.6 is 22.9 Å². The smallest absolute Gasteiger partial charge is 0.347 e. The maximum atomic E-state index is 14.2. The minimum absolute atomic E-state index is 0.0952. The molecule has 1 aliphatic rings. The van der Waals surface area contributed by atoms with E-state index < -0.39 is 23.1 Å². The van der Waals surface area contributed by atoms with E-state index in [2.05, 4.69) is 15.3 Å². The molecule has 158 valence electrons. The maximum absolute atomic E-state index is 14.2. The van der Waals surface area contributed by atoms with Crippen LogP contribution in [-0.4, -0.2) is 9.97 Å². The largest absolute Gasteiger partial charge is 0.416 e. The van der Waals surface area contributed by atoms with Crippen molar-refractivity contribution in [3.05, 3.63) is 74.8 Å². The second-order valence-electron chi connectivity index (χ2n) is 7.43. The first-order chi connectivity index (χ1) is 14.1. The van der Waals surface area contributed by atoms with E-state index in [1.165, 1.54) is 22.4 Å². The Balaban J connectivity index is 1.83. The highest BCUT2D eigenvalue weighted by atomic mass is 35.5. The van der Waals surface area contributed by atoms with Crippen molar-refractivity contribution < 1.29 is 17.6 Å². The summed E-state index contributed by atoms with van der Waals surface area (Å²) in [6.07, 6.45) is 0.692. The van der Waals surface area contributed by atoms with E-state index in [9.17, 15) is 17.6 Å². The van der Waals surface area contributed by atoms with Crippen molar-refractivity contribution in [2.45, 2.75) is 44.3 Å². The molecule has 2 aromatic heterocycles. The van der Waals surface area contributed by atoms with Gasteiger partial charge in [-0.1, -0.05) is 11.6 Å². The van der Waals surface area contributed by atoms with Gasteiger partial charge in [0.2, 0.25) is 0 Å². The monoisotopic (exact) mass is 455 g/mol. The molecule has 0 bridgehead atoms. The molecule has 30 heavy (non-hydrogen) atoms. The van der Waals surface area contributed by atoms with Gasteiger partial charge < -0.3 is 5.32 Å². The molecule has 0 spiro atoms. The molecule has 0 aliphatic heterocycles. The molecule has 3 aromatic rings. The molecule has 2 heterocycles. The van der Waals surface area contributed by atoms with Gasteiger partial charge in [0, 0.05) is 11.1 Å². The van der Waals surface area contributed by atoms with Crippen LogP contribution in [0.4, 0.5) is 22.7 Å². The van der Waals surface area contributed by atoms with Crippen LogP contribution in [0, 0.1) is 5.82 Å². The first kappa shape index (κ1) is 21.1. The Morgan fingerprint density at radius 3 is 2.47 bits per heavy atom. The van der Waals surface area contributed by atoms with E-state index in [0.717, 1.165) is 43.5 Å². The van der Waals surface area contributed by atoms with Crippen molar-refractivity contribution >= 4 is 28.1 Å². The predicted molar refractivity (Wildman–Crippen MR) is 109 cm³/mol. The van der Waals surface area contributed by atoms with Crippen LogP contribution in [0.1, 0.15) is 47.2 Å². The first-order valence-corrected chi connectivity index (χ1v) is 10.6. The van der Waals surface area contributed by atoms with E-state index in [-0.39, 0.29) is 5.56 Å². The SMILES string of the molecule is C[C@](Nc1nc2c(s1)CCCC2)(c1cc(F)cc(C(F)(F)F)c1)c1ccc(Cl)cn1. The average molecular weight is 456 g/mol. The van der Waals surface area contributed by atoms with Crippen LogP contribution in [-0.2, 0) is 24.6 Å². The third kappa shape index (κ3) is 4.16. The number of aryl methyl sites for hydroxylation is 2. The number of aromatic nitrogens is 2. The molecule has 0 saturated heterocycles. The lowest BCUT2D eigenvalue weighted by molar-refractivity contribution is -0.137. The second-order valence-corrected chi connectivity index (χ2v) is 8.95. The van der Waals surface area contributed by atoms with Gasteiger partial charge in [0.15, 0.2) is 5.13 Å². The Kier molecular flexibility index (Phi) is 5.48. The standard InChI is InChI=1S/C21H18ClF4N3S/c1-20(18-7-6-14(22)11-27-18,12-8-13(21(24,25)26)10-15(23)9-12)29-19-28-16-4-2-3-5-17(16)30-19/h6-11H,2-5H2,1H3,(H,28,29)/t20-/m0/s1. The number of anilines is 1. The van der Waals surface area contributed by atoms with Crippen LogP contribution in [0.5, 0.6) is 0 Å². The summed E-state index contributed by atoms with van der Waals surface area (Å²) in [5.74, 6) is -0.972. The van der Waals surface area contributed by atoms with Gasteiger partial charge in [0.1, 0.15) is 11.4 Å². The van der Waals surface area contributed by atoms with Crippen LogP contribution in [0.3, 0.4) is 0 Å². The zero-order valence-electron chi connectivity index (χ0n) is 16.0. The summed E-state index contributed by atoms with van der Waals surface area (Å²) in [5, 5.41) is 4.20. The molecule has 4 rings (SSSR count). The van der Waals surface area contributed by atoms with Crippen LogP contribution in [0.2, 0.25) is 5.02 Å². The predicted octanol–water partition coefficient (Wildman–Crippen LogP) is 6.60. The van der Waals surface area contributed by atoms with E-state index in [1.54, 1.807) is 19.1 Å².